The Balaban J connectivity index is 1.84. The van der Waals surface area contributed by atoms with Gasteiger partial charge in [-0.05, 0) is 38.0 Å². The number of rotatable bonds is 0. The molecule has 0 aromatic heterocycles. The Morgan fingerprint density at radius 1 is 1.26 bits per heavy atom. The highest BCUT2D eigenvalue weighted by Gasteiger charge is 2.72. The van der Waals surface area contributed by atoms with Gasteiger partial charge in [0.2, 0.25) is 6.29 Å². The summed E-state index contributed by atoms with van der Waals surface area (Å²) in [7, 11) is 0. The summed E-state index contributed by atoms with van der Waals surface area (Å²) in [6, 6.07) is 0. The first kappa shape index (κ1) is 9.35. The van der Waals surface area contributed by atoms with Crippen molar-refractivity contribution in [2.45, 2.75) is 64.1 Å². The van der Waals surface area contributed by atoms with E-state index in [1.165, 1.54) is 0 Å². The topological polar surface area (TPSA) is 44.8 Å². The number of carbonyl (C=O) groups is 1. The standard InChI is InChI=1S/C15H22O4/c1-8-4-5-11-9(2)12(16)17-13-15(11)10(8)6-7-14(3,18-13)19-15/h8-11,13H,4-7H2,1-3H3/t8-,9-,10+,11+,13-,14-,15-/m1/s1/i3D3. The van der Waals surface area contributed by atoms with Gasteiger partial charge >= 0.3 is 5.97 Å². The second-order valence-corrected chi connectivity index (χ2v) is 6.69. The molecule has 3 heterocycles. The van der Waals surface area contributed by atoms with Crippen molar-refractivity contribution in [3.05, 3.63) is 0 Å². The smallest absolute Gasteiger partial charge is 0.311 e. The Hall–Kier alpha value is -0.610. The SMILES string of the molecule is [2H]C([2H])([2H])[C@@]12CC[C@H]3[C@H](C)CC[C@H]4[C@@H](C)C(=O)O[C@H](O1)[C@@]34O2. The molecule has 4 nitrogen and oxygen atoms in total. The van der Waals surface area contributed by atoms with Crippen molar-refractivity contribution in [1.82, 2.24) is 0 Å². The van der Waals surface area contributed by atoms with E-state index in [0.717, 1.165) is 19.3 Å². The van der Waals surface area contributed by atoms with Crippen molar-refractivity contribution in [3.8, 4) is 0 Å². The fraction of sp³-hybridized carbons (Fsp3) is 0.933. The van der Waals surface area contributed by atoms with E-state index < -0.39 is 24.5 Å². The van der Waals surface area contributed by atoms with Crippen LogP contribution >= 0.6 is 0 Å². The van der Waals surface area contributed by atoms with Crippen molar-refractivity contribution in [2.75, 3.05) is 0 Å². The summed E-state index contributed by atoms with van der Waals surface area (Å²) in [5, 5.41) is 0. The molecule has 0 unspecified atom stereocenters. The first-order valence-electron chi connectivity index (χ1n) is 8.80. The van der Waals surface area contributed by atoms with Crippen LogP contribution in [0.4, 0.5) is 0 Å². The molecule has 7 atom stereocenters. The van der Waals surface area contributed by atoms with Gasteiger partial charge in [-0.3, -0.25) is 4.79 Å². The zero-order valence-electron chi connectivity index (χ0n) is 14.3. The van der Waals surface area contributed by atoms with Crippen LogP contribution in [0.3, 0.4) is 0 Å². The van der Waals surface area contributed by atoms with E-state index in [4.69, 9.17) is 18.3 Å². The van der Waals surface area contributed by atoms with Crippen molar-refractivity contribution < 1.29 is 23.1 Å². The van der Waals surface area contributed by atoms with E-state index >= 15 is 0 Å². The second kappa shape index (κ2) is 3.53. The molecule has 2 bridgehead atoms. The highest BCUT2D eigenvalue weighted by atomic mass is 16.8. The van der Waals surface area contributed by atoms with Gasteiger partial charge in [0, 0.05) is 16.5 Å². The van der Waals surface area contributed by atoms with Crippen LogP contribution in [0.2, 0.25) is 0 Å². The fourth-order valence-corrected chi connectivity index (χ4v) is 4.81. The maximum atomic E-state index is 12.2. The Morgan fingerprint density at radius 3 is 2.89 bits per heavy atom. The minimum atomic E-state index is -2.38. The first-order valence-corrected chi connectivity index (χ1v) is 7.30. The van der Waals surface area contributed by atoms with Gasteiger partial charge in [-0.2, -0.15) is 0 Å². The lowest BCUT2D eigenvalue weighted by Crippen LogP contribution is -2.65. The summed E-state index contributed by atoms with van der Waals surface area (Å²) < 4.78 is 41.1. The molecule has 0 aromatic rings. The number of carbonyl (C=O) groups excluding carboxylic acids is 1. The number of ether oxygens (including phenoxy) is 3. The minimum Gasteiger partial charge on any atom is -0.432 e. The molecule has 1 aliphatic carbocycles. The highest BCUT2D eigenvalue weighted by molar-refractivity contribution is 5.74. The molecule has 0 radical (unpaired) electrons. The number of hydrogen-bond donors (Lipinski definition) is 0. The zero-order chi connectivity index (χ0) is 15.9. The average Bonchev–Trinajstić information content (AvgIpc) is 2.68. The van der Waals surface area contributed by atoms with E-state index in [0.29, 0.717) is 12.3 Å². The average molecular weight is 269 g/mol. The van der Waals surface area contributed by atoms with Crippen molar-refractivity contribution in [3.63, 3.8) is 0 Å². The Morgan fingerprint density at radius 2 is 2.11 bits per heavy atom. The Labute approximate surface area is 118 Å². The lowest BCUT2D eigenvalue weighted by Gasteiger charge is -2.56. The normalized spacial score (nSPS) is 62.5. The molecule has 4 aliphatic rings. The Kier molecular flexibility index (Phi) is 1.74. The summed E-state index contributed by atoms with van der Waals surface area (Å²) >= 11 is 0. The van der Waals surface area contributed by atoms with Crippen molar-refractivity contribution >= 4 is 5.97 Å². The van der Waals surface area contributed by atoms with Gasteiger partial charge in [-0.15, -0.1) is 0 Å². The maximum absolute atomic E-state index is 12.2. The molecular weight excluding hydrogens is 244 g/mol. The predicted octanol–water partition coefficient (Wildman–Crippen LogP) is 2.46. The van der Waals surface area contributed by atoms with Crippen LogP contribution in [0.15, 0.2) is 0 Å². The molecule has 4 heteroatoms. The van der Waals surface area contributed by atoms with Crippen LogP contribution in [0.1, 0.15) is 50.5 Å². The van der Waals surface area contributed by atoms with E-state index in [-0.39, 0.29) is 23.7 Å². The van der Waals surface area contributed by atoms with Gasteiger partial charge in [0.15, 0.2) is 5.79 Å². The minimum absolute atomic E-state index is 0.0236. The number of hydrogen-bond acceptors (Lipinski definition) is 4. The molecule has 0 N–H and O–H groups in total. The van der Waals surface area contributed by atoms with Crippen molar-refractivity contribution in [1.29, 1.82) is 0 Å². The third-order valence-electron chi connectivity index (χ3n) is 5.77. The van der Waals surface area contributed by atoms with Gasteiger partial charge in [0.25, 0.3) is 0 Å². The molecule has 0 aromatic carbocycles. The molecule has 106 valence electrons. The summed E-state index contributed by atoms with van der Waals surface area (Å²) in [6.45, 7) is 1.65. The summed E-state index contributed by atoms with van der Waals surface area (Å²) in [5.74, 6) is -1.62. The molecule has 4 fully saturated rings. The highest BCUT2D eigenvalue weighted by Crippen LogP contribution is 2.62. The third kappa shape index (κ3) is 1.34. The summed E-state index contributed by atoms with van der Waals surface area (Å²) in [4.78, 5) is 12.2. The molecule has 3 aliphatic heterocycles. The first-order chi connectivity index (χ1) is 10.2. The lowest BCUT2D eigenvalue weighted by molar-refractivity contribution is -0.263. The van der Waals surface area contributed by atoms with Crippen LogP contribution in [0, 0.1) is 23.7 Å². The monoisotopic (exact) mass is 269 g/mol. The van der Waals surface area contributed by atoms with Gasteiger partial charge in [0.05, 0.1) is 5.92 Å². The van der Waals surface area contributed by atoms with Crippen LogP contribution in [0.25, 0.3) is 0 Å². The molecular formula is C15H22O4. The molecule has 4 rings (SSSR count). The summed E-state index contributed by atoms with van der Waals surface area (Å²) in [6.07, 6.45) is 2.08. The van der Waals surface area contributed by atoms with Crippen LogP contribution in [-0.2, 0) is 19.0 Å². The van der Waals surface area contributed by atoms with E-state index in [9.17, 15) is 4.79 Å². The molecule has 1 spiro atoms. The van der Waals surface area contributed by atoms with Crippen molar-refractivity contribution in [2.24, 2.45) is 23.7 Å². The van der Waals surface area contributed by atoms with E-state index in [2.05, 4.69) is 6.92 Å². The molecule has 1 saturated carbocycles. The second-order valence-electron chi connectivity index (χ2n) is 6.69. The summed E-state index contributed by atoms with van der Waals surface area (Å²) in [5.41, 5.74) is -0.780. The quantitative estimate of drug-likeness (QED) is 0.634. The van der Waals surface area contributed by atoms with E-state index in [1.54, 1.807) is 0 Å². The van der Waals surface area contributed by atoms with Gasteiger partial charge in [-0.25, -0.2) is 0 Å². The predicted molar refractivity (Wildman–Crippen MR) is 67.0 cm³/mol. The zero-order valence-corrected chi connectivity index (χ0v) is 11.3. The van der Waals surface area contributed by atoms with Crippen LogP contribution in [0.5, 0.6) is 0 Å². The van der Waals surface area contributed by atoms with Gasteiger partial charge in [0.1, 0.15) is 5.60 Å². The van der Waals surface area contributed by atoms with Crippen LogP contribution < -0.4 is 0 Å². The Bertz CT molecular complexity index is 521. The van der Waals surface area contributed by atoms with Crippen LogP contribution in [-0.4, -0.2) is 23.6 Å². The number of esters is 1. The molecule has 3 saturated heterocycles. The molecule has 19 heavy (non-hydrogen) atoms. The fourth-order valence-electron chi connectivity index (χ4n) is 4.81. The number of fused-ring (bicyclic) bond motifs is 1. The third-order valence-corrected chi connectivity index (χ3v) is 5.77. The van der Waals surface area contributed by atoms with Gasteiger partial charge in [-0.1, -0.05) is 13.8 Å². The lowest BCUT2D eigenvalue weighted by atomic mass is 9.57. The van der Waals surface area contributed by atoms with E-state index in [1.807, 2.05) is 6.92 Å². The maximum Gasteiger partial charge on any atom is 0.311 e. The largest absolute Gasteiger partial charge is 0.432 e. The molecule has 0 amide bonds. The van der Waals surface area contributed by atoms with Gasteiger partial charge < -0.3 is 14.2 Å².